The summed E-state index contributed by atoms with van der Waals surface area (Å²) in [6, 6.07) is 9.68. The maximum Gasteiger partial charge on any atom is 0.272 e. The Balaban J connectivity index is 2.07. The second kappa shape index (κ2) is 8.27. The van der Waals surface area contributed by atoms with E-state index in [1.165, 1.54) is 12.1 Å². The number of hydrogen-bond acceptors (Lipinski definition) is 3. The second-order valence-corrected chi connectivity index (χ2v) is 5.36. The molecule has 0 saturated carbocycles. The number of anilines is 2. The normalized spacial score (nSPS) is 10.4. The molecule has 4 nitrogen and oxygen atoms in total. The van der Waals surface area contributed by atoms with Gasteiger partial charge in [-0.3, -0.25) is 4.79 Å². The van der Waals surface area contributed by atoms with Crippen LogP contribution >= 0.6 is 0 Å². The van der Waals surface area contributed by atoms with Crippen molar-refractivity contribution in [2.24, 2.45) is 0 Å². The number of nitrogens with zero attached hydrogens (tertiary/aromatic N) is 2. The van der Waals surface area contributed by atoms with E-state index in [0.717, 1.165) is 25.9 Å². The Kier molecular flexibility index (Phi) is 6.09. The number of benzene rings is 1. The third-order valence-electron chi connectivity index (χ3n) is 3.37. The molecule has 1 aromatic carbocycles. The number of aromatic nitrogens is 1. The minimum Gasteiger partial charge on any atom is -0.354 e. The van der Waals surface area contributed by atoms with Crippen LogP contribution < -0.4 is 5.32 Å². The van der Waals surface area contributed by atoms with Crippen molar-refractivity contribution in [2.75, 3.05) is 18.4 Å². The van der Waals surface area contributed by atoms with Crippen LogP contribution in [0.5, 0.6) is 0 Å². The van der Waals surface area contributed by atoms with Crippen LogP contribution in [0.3, 0.4) is 0 Å². The Morgan fingerprint density at radius 2 is 1.87 bits per heavy atom. The summed E-state index contributed by atoms with van der Waals surface area (Å²) in [5.41, 5.74) is 1.78. The lowest BCUT2D eigenvalue weighted by Gasteiger charge is -2.21. The molecule has 1 N–H and O–H groups in total. The molecule has 1 aromatic heterocycles. The van der Waals surface area contributed by atoms with Gasteiger partial charge >= 0.3 is 0 Å². The summed E-state index contributed by atoms with van der Waals surface area (Å²) in [6.07, 6.45) is 3.43. The van der Waals surface area contributed by atoms with Crippen LogP contribution in [0, 0.1) is 5.82 Å². The first kappa shape index (κ1) is 16.9. The van der Waals surface area contributed by atoms with E-state index in [1.54, 1.807) is 30.5 Å². The summed E-state index contributed by atoms with van der Waals surface area (Å²) in [5, 5.41) is 3.06. The molecule has 23 heavy (non-hydrogen) atoms. The van der Waals surface area contributed by atoms with E-state index in [9.17, 15) is 9.18 Å². The van der Waals surface area contributed by atoms with Gasteiger partial charge in [-0.2, -0.15) is 0 Å². The molecule has 122 valence electrons. The summed E-state index contributed by atoms with van der Waals surface area (Å²) in [7, 11) is 0. The summed E-state index contributed by atoms with van der Waals surface area (Å²) in [5.74, 6) is -0.351. The SMILES string of the molecule is CCCN(CCC)C(=O)c1ccc(Nc2cccc(F)c2)cn1. The van der Waals surface area contributed by atoms with Crippen LogP contribution in [0.4, 0.5) is 15.8 Å². The predicted octanol–water partition coefficient (Wildman–Crippen LogP) is 4.23. The van der Waals surface area contributed by atoms with Gasteiger partial charge in [0.25, 0.3) is 5.91 Å². The van der Waals surface area contributed by atoms with E-state index < -0.39 is 0 Å². The molecule has 0 saturated heterocycles. The second-order valence-electron chi connectivity index (χ2n) is 5.36. The first-order chi connectivity index (χ1) is 11.1. The summed E-state index contributed by atoms with van der Waals surface area (Å²) in [6.45, 7) is 5.57. The van der Waals surface area contributed by atoms with Crippen LogP contribution in [-0.2, 0) is 0 Å². The van der Waals surface area contributed by atoms with Gasteiger partial charge in [0.05, 0.1) is 11.9 Å². The fraction of sp³-hybridized carbons (Fsp3) is 0.333. The molecule has 1 amide bonds. The quantitative estimate of drug-likeness (QED) is 0.832. The molecule has 1 heterocycles. The van der Waals surface area contributed by atoms with Crippen molar-refractivity contribution in [3.05, 3.63) is 54.1 Å². The zero-order chi connectivity index (χ0) is 16.7. The summed E-state index contributed by atoms with van der Waals surface area (Å²) >= 11 is 0. The van der Waals surface area contributed by atoms with Gasteiger partial charge in [-0.1, -0.05) is 19.9 Å². The Morgan fingerprint density at radius 1 is 1.13 bits per heavy atom. The average Bonchev–Trinajstić information content (AvgIpc) is 2.55. The van der Waals surface area contributed by atoms with E-state index in [2.05, 4.69) is 24.1 Å². The lowest BCUT2D eigenvalue weighted by molar-refractivity contribution is 0.0749. The van der Waals surface area contributed by atoms with Gasteiger partial charge in [0.15, 0.2) is 0 Å². The van der Waals surface area contributed by atoms with Crippen LogP contribution in [0.15, 0.2) is 42.6 Å². The molecule has 0 atom stereocenters. The molecule has 5 heteroatoms. The highest BCUT2D eigenvalue weighted by molar-refractivity contribution is 5.92. The van der Waals surface area contributed by atoms with Crippen molar-refractivity contribution in [3.63, 3.8) is 0 Å². The van der Waals surface area contributed by atoms with Gasteiger partial charge in [-0.05, 0) is 43.2 Å². The number of hydrogen-bond donors (Lipinski definition) is 1. The topological polar surface area (TPSA) is 45.2 Å². The van der Waals surface area contributed by atoms with Gasteiger partial charge in [0, 0.05) is 18.8 Å². The Morgan fingerprint density at radius 3 is 2.43 bits per heavy atom. The van der Waals surface area contributed by atoms with Crippen molar-refractivity contribution < 1.29 is 9.18 Å². The number of halogens is 1. The number of carbonyl (C=O) groups is 1. The van der Waals surface area contributed by atoms with Crippen molar-refractivity contribution >= 4 is 17.3 Å². The third-order valence-corrected chi connectivity index (χ3v) is 3.37. The van der Waals surface area contributed by atoms with Crippen LogP contribution in [0.2, 0.25) is 0 Å². The molecule has 0 fully saturated rings. The molecule has 0 unspecified atom stereocenters. The van der Waals surface area contributed by atoms with E-state index in [4.69, 9.17) is 0 Å². The lowest BCUT2D eigenvalue weighted by Crippen LogP contribution is -2.33. The number of carbonyl (C=O) groups excluding carboxylic acids is 1. The van der Waals surface area contributed by atoms with E-state index in [0.29, 0.717) is 17.1 Å². The predicted molar refractivity (Wildman–Crippen MR) is 90.4 cm³/mol. The van der Waals surface area contributed by atoms with Crippen molar-refractivity contribution in [1.82, 2.24) is 9.88 Å². The van der Waals surface area contributed by atoms with Crippen LogP contribution in [0.25, 0.3) is 0 Å². The Labute approximate surface area is 136 Å². The highest BCUT2D eigenvalue weighted by Crippen LogP contribution is 2.17. The zero-order valence-electron chi connectivity index (χ0n) is 13.6. The standard InChI is InChI=1S/C18H22FN3O/c1-3-10-22(11-4-2)18(23)17-9-8-16(13-20-17)21-15-7-5-6-14(19)12-15/h5-9,12-13,21H,3-4,10-11H2,1-2H3. The number of pyridine rings is 1. The van der Waals surface area contributed by atoms with Gasteiger partial charge in [0.1, 0.15) is 11.5 Å². The molecule has 0 spiro atoms. The molecule has 0 radical (unpaired) electrons. The number of nitrogens with one attached hydrogen (secondary N) is 1. The maximum atomic E-state index is 13.2. The fourth-order valence-electron chi connectivity index (χ4n) is 2.34. The third kappa shape index (κ3) is 4.77. The first-order valence-corrected chi connectivity index (χ1v) is 7.92. The minimum atomic E-state index is -0.301. The zero-order valence-corrected chi connectivity index (χ0v) is 13.6. The molecular weight excluding hydrogens is 293 g/mol. The Hall–Kier alpha value is -2.43. The minimum absolute atomic E-state index is 0.0500. The molecule has 0 aliphatic heterocycles. The van der Waals surface area contributed by atoms with E-state index in [-0.39, 0.29) is 11.7 Å². The van der Waals surface area contributed by atoms with Crippen molar-refractivity contribution in [1.29, 1.82) is 0 Å². The monoisotopic (exact) mass is 315 g/mol. The average molecular weight is 315 g/mol. The van der Waals surface area contributed by atoms with Gasteiger partial charge < -0.3 is 10.2 Å². The van der Waals surface area contributed by atoms with E-state index >= 15 is 0 Å². The van der Waals surface area contributed by atoms with Crippen LogP contribution in [-0.4, -0.2) is 28.9 Å². The fourth-order valence-corrected chi connectivity index (χ4v) is 2.34. The summed E-state index contributed by atoms with van der Waals surface area (Å²) < 4.78 is 13.2. The highest BCUT2D eigenvalue weighted by atomic mass is 19.1. The van der Waals surface area contributed by atoms with Gasteiger partial charge in [-0.25, -0.2) is 9.37 Å². The molecule has 0 aliphatic rings. The molecular formula is C18H22FN3O. The Bertz CT molecular complexity index is 637. The summed E-state index contributed by atoms with van der Waals surface area (Å²) in [4.78, 5) is 18.5. The largest absolute Gasteiger partial charge is 0.354 e. The molecule has 0 aliphatic carbocycles. The van der Waals surface area contributed by atoms with Crippen molar-refractivity contribution in [3.8, 4) is 0 Å². The lowest BCUT2D eigenvalue weighted by atomic mass is 10.2. The smallest absolute Gasteiger partial charge is 0.272 e. The van der Waals surface area contributed by atoms with Crippen LogP contribution in [0.1, 0.15) is 37.2 Å². The van der Waals surface area contributed by atoms with E-state index in [1.807, 2.05) is 4.90 Å². The molecule has 0 bridgehead atoms. The number of rotatable bonds is 7. The molecule has 2 aromatic rings. The maximum absolute atomic E-state index is 13.2. The van der Waals surface area contributed by atoms with Crippen molar-refractivity contribution in [2.45, 2.75) is 26.7 Å². The highest BCUT2D eigenvalue weighted by Gasteiger charge is 2.15. The van der Waals surface area contributed by atoms with Gasteiger partial charge in [0.2, 0.25) is 0 Å². The first-order valence-electron chi connectivity index (χ1n) is 7.92. The number of amides is 1. The molecule has 2 rings (SSSR count). The van der Waals surface area contributed by atoms with Gasteiger partial charge in [-0.15, -0.1) is 0 Å².